The van der Waals surface area contributed by atoms with Crippen LogP contribution in [-0.4, -0.2) is 10.9 Å². The van der Waals surface area contributed by atoms with E-state index in [1.54, 1.807) is 0 Å². The molecule has 0 spiro atoms. The van der Waals surface area contributed by atoms with Crippen LogP contribution in [0.15, 0.2) is 66.3 Å². The van der Waals surface area contributed by atoms with E-state index < -0.39 is 0 Å². The van der Waals surface area contributed by atoms with Gasteiger partial charge in [-0.25, -0.2) is 4.98 Å². The van der Waals surface area contributed by atoms with E-state index >= 15 is 0 Å². The molecular weight excluding hydrogens is 318 g/mol. The van der Waals surface area contributed by atoms with Gasteiger partial charge in [0.2, 0.25) is 6.54 Å². The number of anilines is 1. The van der Waals surface area contributed by atoms with Crippen molar-refractivity contribution in [3.8, 4) is 11.3 Å². The zero-order valence-corrected chi connectivity index (χ0v) is 13.2. The summed E-state index contributed by atoms with van der Waals surface area (Å²) in [6.07, 6.45) is 3.72. The molecule has 2 aromatic heterocycles. The molecular formula is C16H14ClN3OS. The Balaban J connectivity index is 0.00000176. The van der Waals surface area contributed by atoms with Crippen LogP contribution in [0.2, 0.25) is 0 Å². The largest absolute Gasteiger partial charge is 1.00 e. The van der Waals surface area contributed by atoms with Crippen molar-refractivity contribution in [1.29, 1.82) is 0 Å². The average molecular weight is 332 g/mol. The Bertz CT molecular complexity index is 731. The summed E-state index contributed by atoms with van der Waals surface area (Å²) in [5.74, 6) is -0.0832. The first-order chi connectivity index (χ1) is 10.3. The van der Waals surface area contributed by atoms with Gasteiger partial charge in [0.15, 0.2) is 17.5 Å². The van der Waals surface area contributed by atoms with Crippen LogP contribution in [-0.2, 0) is 11.3 Å². The second kappa shape index (κ2) is 7.68. The number of thiazole rings is 1. The standard InChI is InChI=1S/C16H13N3OS.ClH/c20-15(11-19-9-5-2-6-10-19)18-16-17-14(12-21-16)13-7-3-1-4-8-13;/h1-10,12H,11H2;1H. The molecule has 0 saturated heterocycles. The lowest BCUT2D eigenvalue weighted by Gasteiger charge is -1.98. The van der Waals surface area contributed by atoms with E-state index in [2.05, 4.69) is 10.3 Å². The van der Waals surface area contributed by atoms with Gasteiger partial charge in [0.1, 0.15) is 0 Å². The van der Waals surface area contributed by atoms with Gasteiger partial charge >= 0.3 is 0 Å². The number of hydrogen-bond donors (Lipinski definition) is 1. The van der Waals surface area contributed by atoms with Crippen LogP contribution in [0.25, 0.3) is 11.3 Å². The van der Waals surface area contributed by atoms with Crippen molar-refractivity contribution in [2.45, 2.75) is 6.54 Å². The van der Waals surface area contributed by atoms with Crippen molar-refractivity contribution in [2.24, 2.45) is 0 Å². The van der Waals surface area contributed by atoms with Crippen LogP contribution < -0.4 is 22.3 Å². The summed E-state index contributed by atoms with van der Waals surface area (Å²) < 4.78 is 1.82. The van der Waals surface area contributed by atoms with Gasteiger partial charge in [-0.1, -0.05) is 36.4 Å². The molecule has 6 heteroatoms. The van der Waals surface area contributed by atoms with E-state index in [1.807, 2.05) is 70.9 Å². The molecule has 3 rings (SSSR count). The van der Waals surface area contributed by atoms with Crippen molar-refractivity contribution in [1.82, 2.24) is 4.98 Å². The summed E-state index contributed by atoms with van der Waals surface area (Å²) in [6, 6.07) is 15.6. The molecule has 0 bridgehead atoms. The minimum atomic E-state index is -0.0832. The smallest absolute Gasteiger partial charge is 0.292 e. The van der Waals surface area contributed by atoms with E-state index in [-0.39, 0.29) is 24.9 Å². The van der Waals surface area contributed by atoms with Crippen molar-refractivity contribution in [3.05, 3.63) is 66.3 Å². The Labute approximate surface area is 138 Å². The van der Waals surface area contributed by atoms with Crippen LogP contribution in [0.4, 0.5) is 5.13 Å². The van der Waals surface area contributed by atoms with E-state index in [9.17, 15) is 4.79 Å². The van der Waals surface area contributed by atoms with E-state index in [4.69, 9.17) is 0 Å². The molecule has 2 heterocycles. The molecule has 0 aliphatic heterocycles. The minimum absolute atomic E-state index is 0. The Hall–Kier alpha value is -2.24. The molecule has 22 heavy (non-hydrogen) atoms. The molecule has 0 atom stereocenters. The molecule has 1 aromatic carbocycles. The van der Waals surface area contributed by atoms with Crippen LogP contribution in [0.5, 0.6) is 0 Å². The van der Waals surface area contributed by atoms with E-state index in [0.717, 1.165) is 11.3 Å². The molecule has 1 N–H and O–H groups in total. The van der Waals surface area contributed by atoms with Crippen molar-refractivity contribution in [3.63, 3.8) is 0 Å². The molecule has 4 nitrogen and oxygen atoms in total. The number of pyridine rings is 1. The predicted molar refractivity (Wildman–Crippen MR) is 82.8 cm³/mol. The van der Waals surface area contributed by atoms with Crippen LogP contribution in [0, 0.1) is 0 Å². The molecule has 0 saturated carbocycles. The number of nitrogens with zero attached hydrogens (tertiary/aromatic N) is 2. The molecule has 0 unspecified atom stereocenters. The fraction of sp³-hybridized carbons (Fsp3) is 0.0625. The normalized spacial score (nSPS) is 9.82. The van der Waals surface area contributed by atoms with Gasteiger partial charge in [-0.2, -0.15) is 4.57 Å². The number of aromatic nitrogens is 2. The lowest BCUT2D eigenvalue weighted by Crippen LogP contribution is -3.00. The molecule has 112 valence electrons. The first-order valence-electron chi connectivity index (χ1n) is 6.56. The SMILES string of the molecule is O=C(C[n+]1ccccc1)Nc1nc(-c2ccccc2)cs1.[Cl-]. The van der Waals surface area contributed by atoms with Gasteiger partial charge in [-0.15, -0.1) is 11.3 Å². The fourth-order valence-corrected chi connectivity index (χ4v) is 2.67. The maximum absolute atomic E-state index is 12.0. The van der Waals surface area contributed by atoms with Gasteiger partial charge in [-0.05, 0) is 0 Å². The third-order valence-corrected chi connectivity index (χ3v) is 3.68. The fourth-order valence-electron chi connectivity index (χ4n) is 1.94. The van der Waals surface area contributed by atoms with E-state index in [1.165, 1.54) is 11.3 Å². The average Bonchev–Trinajstić information content (AvgIpc) is 2.97. The monoisotopic (exact) mass is 331 g/mol. The van der Waals surface area contributed by atoms with Gasteiger partial charge < -0.3 is 12.4 Å². The van der Waals surface area contributed by atoms with Crippen molar-refractivity contribution >= 4 is 22.4 Å². The van der Waals surface area contributed by atoms with Crippen LogP contribution >= 0.6 is 11.3 Å². The number of rotatable bonds is 4. The lowest BCUT2D eigenvalue weighted by molar-refractivity contribution is -0.684. The predicted octanol–water partition coefficient (Wildman–Crippen LogP) is -0.260. The third-order valence-electron chi connectivity index (χ3n) is 2.92. The second-order valence-electron chi connectivity index (χ2n) is 4.50. The Kier molecular flexibility index (Phi) is 5.63. The Morgan fingerprint density at radius 1 is 1.09 bits per heavy atom. The first-order valence-corrected chi connectivity index (χ1v) is 7.44. The lowest BCUT2D eigenvalue weighted by atomic mass is 10.2. The quantitative estimate of drug-likeness (QED) is 0.670. The molecule has 3 aromatic rings. The number of carbonyl (C=O) groups is 1. The highest BCUT2D eigenvalue weighted by atomic mass is 35.5. The van der Waals surface area contributed by atoms with Crippen molar-refractivity contribution < 1.29 is 21.8 Å². The minimum Gasteiger partial charge on any atom is -1.00 e. The number of amides is 1. The molecule has 1 amide bonds. The van der Waals surface area contributed by atoms with Gasteiger partial charge in [0.25, 0.3) is 5.91 Å². The zero-order chi connectivity index (χ0) is 14.5. The highest BCUT2D eigenvalue weighted by Crippen LogP contribution is 2.24. The number of hydrogen-bond acceptors (Lipinski definition) is 3. The molecule has 0 aliphatic carbocycles. The summed E-state index contributed by atoms with van der Waals surface area (Å²) in [6.45, 7) is 0.279. The van der Waals surface area contributed by atoms with Crippen LogP contribution in [0.1, 0.15) is 0 Å². The second-order valence-corrected chi connectivity index (χ2v) is 5.36. The maximum atomic E-state index is 12.0. The molecule has 0 fully saturated rings. The molecule has 0 aliphatic rings. The highest BCUT2D eigenvalue weighted by Gasteiger charge is 2.11. The number of halogens is 1. The third kappa shape index (κ3) is 4.13. The van der Waals surface area contributed by atoms with E-state index in [0.29, 0.717) is 5.13 Å². The number of nitrogens with one attached hydrogen (secondary N) is 1. The van der Waals surface area contributed by atoms with Crippen molar-refractivity contribution in [2.75, 3.05) is 5.32 Å². The number of benzene rings is 1. The van der Waals surface area contributed by atoms with Crippen LogP contribution in [0.3, 0.4) is 0 Å². The summed E-state index contributed by atoms with van der Waals surface area (Å²) in [4.78, 5) is 16.4. The number of carbonyl (C=O) groups excluding carboxylic acids is 1. The Morgan fingerprint density at radius 2 is 1.77 bits per heavy atom. The Morgan fingerprint density at radius 3 is 2.50 bits per heavy atom. The summed E-state index contributed by atoms with van der Waals surface area (Å²) in [5.41, 5.74) is 1.93. The van der Waals surface area contributed by atoms with Gasteiger partial charge in [0, 0.05) is 23.1 Å². The summed E-state index contributed by atoms with van der Waals surface area (Å²) >= 11 is 1.43. The summed E-state index contributed by atoms with van der Waals surface area (Å²) in [5, 5.41) is 5.39. The zero-order valence-electron chi connectivity index (χ0n) is 11.6. The highest BCUT2D eigenvalue weighted by molar-refractivity contribution is 7.14. The topological polar surface area (TPSA) is 45.9 Å². The maximum Gasteiger partial charge on any atom is 0.292 e. The molecule has 0 radical (unpaired) electrons. The van der Waals surface area contributed by atoms with Gasteiger partial charge in [0.05, 0.1) is 5.69 Å². The first kappa shape index (κ1) is 16.1. The van der Waals surface area contributed by atoms with Gasteiger partial charge in [-0.3, -0.25) is 10.1 Å². The summed E-state index contributed by atoms with van der Waals surface area (Å²) in [7, 11) is 0.